The fraction of sp³-hybridized carbons (Fsp3) is 0.278. The lowest BCUT2D eigenvalue weighted by atomic mass is 10.3. The van der Waals surface area contributed by atoms with Crippen LogP contribution >= 0.6 is 22.9 Å². The maximum absolute atomic E-state index is 12.1. The number of anilines is 2. The molecule has 0 amide bonds. The molecule has 0 bridgehead atoms. The van der Waals surface area contributed by atoms with Crippen LogP contribution in [-0.2, 0) is 9.53 Å². The molecule has 0 atom stereocenters. The van der Waals surface area contributed by atoms with Crippen LogP contribution in [0, 0.1) is 0 Å². The van der Waals surface area contributed by atoms with Crippen molar-refractivity contribution in [2.75, 3.05) is 11.9 Å². The van der Waals surface area contributed by atoms with Crippen molar-refractivity contribution in [1.29, 1.82) is 0 Å². The van der Waals surface area contributed by atoms with E-state index in [1.165, 1.54) is 19.0 Å². The predicted octanol–water partition coefficient (Wildman–Crippen LogP) is 3.95. The van der Waals surface area contributed by atoms with E-state index >= 15 is 0 Å². The van der Waals surface area contributed by atoms with E-state index in [0.717, 1.165) is 17.0 Å². The van der Waals surface area contributed by atoms with Crippen LogP contribution in [-0.4, -0.2) is 38.5 Å². The Hall–Kier alpha value is -2.78. The van der Waals surface area contributed by atoms with E-state index in [-0.39, 0.29) is 11.5 Å². The number of nitrogens with one attached hydrogen (secondary N) is 2. The molecule has 10 heteroatoms. The molecule has 1 aliphatic rings. The van der Waals surface area contributed by atoms with Crippen LogP contribution in [0.15, 0.2) is 24.4 Å². The van der Waals surface area contributed by atoms with Crippen LogP contribution < -0.4 is 5.32 Å². The van der Waals surface area contributed by atoms with Gasteiger partial charge in [0.2, 0.25) is 0 Å². The number of H-pyrrole nitrogens is 1. The summed E-state index contributed by atoms with van der Waals surface area (Å²) in [6.07, 6.45) is 3.82. The van der Waals surface area contributed by atoms with Gasteiger partial charge in [0.05, 0.1) is 22.6 Å². The number of carbonyl (C=O) groups is 2. The molecule has 0 spiro atoms. The van der Waals surface area contributed by atoms with Crippen LogP contribution in [0.3, 0.4) is 0 Å². The predicted molar refractivity (Wildman–Crippen MR) is 105 cm³/mol. The lowest BCUT2D eigenvalue weighted by Gasteiger charge is -2.05. The summed E-state index contributed by atoms with van der Waals surface area (Å²) in [5.41, 5.74) is 1.09. The lowest BCUT2D eigenvalue weighted by molar-refractivity contribution is -0.137. The Morgan fingerprint density at radius 1 is 1.39 bits per heavy atom. The van der Waals surface area contributed by atoms with Gasteiger partial charge in [0.1, 0.15) is 5.02 Å². The summed E-state index contributed by atoms with van der Waals surface area (Å²) in [6.45, 7) is 1.79. The minimum Gasteiger partial charge on any atom is -0.460 e. The maximum atomic E-state index is 12.1. The Labute approximate surface area is 169 Å². The van der Waals surface area contributed by atoms with Gasteiger partial charge >= 0.3 is 5.97 Å². The van der Waals surface area contributed by atoms with Crippen molar-refractivity contribution < 1.29 is 14.3 Å². The summed E-state index contributed by atoms with van der Waals surface area (Å²) < 4.78 is 4.75. The number of carbonyl (C=O) groups excluding carboxylic acids is 2. The molecule has 144 valence electrons. The molecule has 0 aliphatic heterocycles. The van der Waals surface area contributed by atoms with Gasteiger partial charge in [-0.3, -0.25) is 9.89 Å². The molecule has 3 aromatic rings. The molecule has 0 unspecified atom stereocenters. The quantitative estimate of drug-likeness (QED) is 0.340. The highest BCUT2D eigenvalue weighted by Crippen LogP contribution is 2.40. The van der Waals surface area contributed by atoms with E-state index in [9.17, 15) is 9.59 Å². The fourth-order valence-electron chi connectivity index (χ4n) is 2.58. The summed E-state index contributed by atoms with van der Waals surface area (Å²) in [5, 5.41) is 10.7. The van der Waals surface area contributed by atoms with Crippen molar-refractivity contribution in [2.24, 2.45) is 0 Å². The smallest absolute Gasteiger partial charge is 0.380 e. The van der Waals surface area contributed by atoms with Crippen LogP contribution in [0.2, 0.25) is 5.02 Å². The molecule has 1 saturated carbocycles. The topological polar surface area (TPSA) is 110 Å². The number of rotatable bonds is 7. The van der Waals surface area contributed by atoms with Crippen molar-refractivity contribution in [3.05, 3.63) is 40.0 Å². The number of hydrogen-bond acceptors (Lipinski definition) is 8. The monoisotopic (exact) mass is 417 g/mol. The molecule has 1 fully saturated rings. The molecule has 3 aromatic heterocycles. The van der Waals surface area contributed by atoms with E-state index in [1.54, 1.807) is 19.1 Å². The molecule has 2 N–H and O–H groups in total. The first-order valence-electron chi connectivity index (χ1n) is 8.71. The second-order valence-corrected chi connectivity index (χ2v) is 7.70. The second kappa shape index (κ2) is 7.69. The van der Waals surface area contributed by atoms with Crippen LogP contribution in [0.1, 0.15) is 41.0 Å². The van der Waals surface area contributed by atoms with Gasteiger partial charge in [-0.2, -0.15) is 5.10 Å². The number of nitrogens with zero attached hydrogens (tertiary/aromatic N) is 3. The molecule has 4 rings (SSSR count). The number of esters is 1. The number of Topliss-reactive ketones (excluding diaryl/α,β-unsaturated/α-hetero) is 1. The summed E-state index contributed by atoms with van der Waals surface area (Å²) in [6, 6.07) is 5.18. The molecule has 0 radical (unpaired) electrons. The number of thiophene rings is 1. The second-order valence-electron chi connectivity index (χ2n) is 6.21. The molecular formula is C18H16ClN5O3S. The van der Waals surface area contributed by atoms with Crippen LogP contribution in [0.25, 0.3) is 10.7 Å². The largest absolute Gasteiger partial charge is 0.460 e. The minimum absolute atomic E-state index is 0.147. The van der Waals surface area contributed by atoms with Crippen molar-refractivity contribution in [2.45, 2.75) is 25.7 Å². The first kappa shape index (κ1) is 18.6. The zero-order chi connectivity index (χ0) is 19.7. The highest BCUT2D eigenvalue weighted by Gasteiger charge is 2.26. The Morgan fingerprint density at radius 3 is 2.96 bits per heavy atom. The molecule has 0 aromatic carbocycles. The highest BCUT2D eigenvalue weighted by atomic mass is 35.5. The van der Waals surface area contributed by atoms with Crippen LogP contribution in [0.5, 0.6) is 0 Å². The molecule has 3 heterocycles. The van der Waals surface area contributed by atoms with E-state index in [0.29, 0.717) is 33.3 Å². The third kappa shape index (κ3) is 3.90. The third-order valence-corrected chi connectivity index (χ3v) is 5.47. The van der Waals surface area contributed by atoms with Crippen molar-refractivity contribution in [3.8, 4) is 10.7 Å². The van der Waals surface area contributed by atoms with E-state index in [2.05, 4.69) is 25.5 Å². The Morgan fingerprint density at radius 2 is 2.21 bits per heavy atom. The van der Waals surface area contributed by atoms with Gasteiger partial charge < -0.3 is 10.1 Å². The third-order valence-electron chi connectivity index (χ3n) is 4.12. The number of ether oxygens (including phenoxy) is 1. The van der Waals surface area contributed by atoms with Gasteiger partial charge in [-0.1, -0.05) is 11.6 Å². The lowest BCUT2D eigenvalue weighted by Crippen LogP contribution is -2.16. The maximum Gasteiger partial charge on any atom is 0.380 e. The highest BCUT2D eigenvalue weighted by molar-refractivity contribution is 7.18. The molecule has 28 heavy (non-hydrogen) atoms. The van der Waals surface area contributed by atoms with Gasteiger partial charge in [0, 0.05) is 17.7 Å². The SMILES string of the molecule is CCOC(=O)C(=O)c1ccc(-c2ncc(Cl)c(Nc3cc(C4CC4)[nH]n3)n2)s1. The Balaban J connectivity index is 1.54. The number of aromatic amines is 1. The standard InChI is InChI=1S/C18H16ClN5O3S/c1-2-27-18(26)15(25)12-5-6-13(28-12)17-20-8-10(19)16(22-17)21-14-7-11(23-24-14)9-3-4-9/h5-9H,2-4H2,1H3,(H2,20,21,22,23,24). The number of hydrogen-bond donors (Lipinski definition) is 2. The number of ketones is 1. The number of halogens is 1. The van der Waals surface area contributed by atoms with Gasteiger partial charge in [0.15, 0.2) is 17.5 Å². The summed E-state index contributed by atoms with van der Waals surface area (Å²) >= 11 is 7.33. The zero-order valence-electron chi connectivity index (χ0n) is 14.9. The number of aromatic nitrogens is 4. The van der Waals surface area contributed by atoms with Gasteiger partial charge in [-0.15, -0.1) is 11.3 Å². The van der Waals surface area contributed by atoms with E-state index in [1.807, 2.05) is 6.07 Å². The first-order chi connectivity index (χ1) is 13.5. The molecular weight excluding hydrogens is 402 g/mol. The van der Waals surface area contributed by atoms with Crippen molar-refractivity contribution >= 4 is 46.3 Å². The summed E-state index contributed by atoms with van der Waals surface area (Å²) in [5.74, 6) is 0.415. The summed E-state index contributed by atoms with van der Waals surface area (Å²) in [4.78, 5) is 33.2. The molecule has 0 saturated heterocycles. The Bertz CT molecular complexity index is 1040. The van der Waals surface area contributed by atoms with Gasteiger partial charge in [0.25, 0.3) is 5.78 Å². The van der Waals surface area contributed by atoms with Crippen LogP contribution in [0.4, 0.5) is 11.6 Å². The normalized spacial score (nSPS) is 13.4. The van der Waals surface area contributed by atoms with E-state index in [4.69, 9.17) is 16.3 Å². The van der Waals surface area contributed by atoms with Gasteiger partial charge in [-0.25, -0.2) is 14.8 Å². The van der Waals surface area contributed by atoms with E-state index < -0.39 is 11.8 Å². The zero-order valence-corrected chi connectivity index (χ0v) is 16.4. The average molecular weight is 418 g/mol. The fourth-order valence-corrected chi connectivity index (χ4v) is 3.59. The van der Waals surface area contributed by atoms with Crippen molar-refractivity contribution in [1.82, 2.24) is 20.2 Å². The Kier molecular flexibility index (Phi) is 5.10. The average Bonchev–Trinajstić information content (AvgIpc) is 3.23. The summed E-state index contributed by atoms with van der Waals surface area (Å²) in [7, 11) is 0. The van der Waals surface area contributed by atoms with Crippen molar-refractivity contribution in [3.63, 3.8) is 0 Å². The minimum atomic E-state index is -0.875. The first-order valence-corrected chi connectivity index (χ1v) is 9.91. The molecule has 1 aliphatic carbocycles. The van der Waals surface area contributed by atoms with Gasteiger partial charge in [-0.05, 0) is 31.9 Å². The molecule has 8 nitrogen and oxygen atoms in total.